The predicted molar refractivity (Wildman–Crippen MR) is 139 cm³/mol. The molecule has 3 atom stereocenters. The summed E-state index contributed by atoms with van der Waals surface area (Å²) in [5, 5.41) is 34.0. The van der Waals surface area contributed by atoms with E-state index in [-0.39, 0.29) is 0 Å². The quantitative estimate of drug-likeness (QED) is 0.265. The van der Waals surface area contributed by atoms with Crippen molar-refractivity contribution in [2.24, 2.45) is 0 Å². The van der Waals surface area contributed by atoms with Crippen LogP contribution in [0.1, 0.15) is 40.6 Å². The maximum atomic E-state index is 11.3. The number of aliphatic hydroxyl groups is 3. The minimum atomic E-state index is -0.745. The van der Waals surface area contributed by atoms with Gasteiger partial charge in [-0.05, 0) is 16.7 Å². The van der Waals surface area contributed by atoms with Gasteiger partial charge in [-0.2, -0.15) is 0 Å². The van der Waals surface area contributed by atoms with Crippen molar-refractivity contribution in [2.75, 3.05) is 19.6 Å². The van der Waals surface area contributed by atoms with E-state index < -0.39 is 18.3 Å². The summed E-state index contributed by atoms with van der Waals surface area (Å²) in [6, 6.07) is 38.9. The zero-order valence-corrected chi connectivity index (χ0v) is 19.9. The van der Waals surface area contributed by atoms with Crippen LogP contribution >= 0.6 is 0 Å². The Morgan fingerprint density at radius 2 is 0.714 bits per heavy atom. The number of hydrogen-bond donors (Lipinski definition) is 3. The molecule has 4 heteroatoms. The number of hydrogen-bond acceptors (Lipinski definition) is 3. The Balaban J connectivity index is 1.72. The molecule has 0 bridgehead atoms. The highest BCUT2D eigenvalue weighted by molar-refractivity contribution is 5.20. The van der Waals surface area contributed by atoms with Crippen LogP contribution in [0, 0.1) is 0 Å². The molecule has 4 rings (SSSR count). The van der Waals surface area contributed by atoms with E-state index in [0.717, 1.165) is 22.3 Å². The number of rotatable bonds is 11. The summed E-state index contributed by atoms with van der Waals surface area (Å²) >= 11 is 0. The average Bonchev–Trinajstić information content (AvgIpc) is 2.90. The Morgan fingerprint density at radius 1 is 0.429 bits per heavy atom. The fourth-order valence-electron chi connectivity index (χ4n) is 4.83. The van der Waals surface area contributed by atoms with Crippen LogP contribution in [0.3, 0.4) is 0 Å². The third-order valence-corrected chi connectivity index (χ3v) is 6.59. The Kier molecular flexibility index (Phi) is 8.45. The monoisotopic (exact) mass is 468 g/mol. The summed E-state index contributed by atoms with van der Waals surface area (Å²) in [5.41, 5.74) is 3.57. The lowest BCUT2D eigenvalue weighted by Gasteiger charge is -2.43. The third kappa shape index (κ3) is 6.87. The molecule has 0 radical (unpaired) electrons. The normalized spacial score (nSPS) is 14.3. The lowest BCUT2D eigenvalue weighted by molar-refractivity contribution is -0.950. The van der Waals surface area contributed by atoms with Crippen molar-refractivity contribution in [1.29, 1.82) is 0 Å². The van der Waals surface area contributed by atoms with Crippen molar-refractivity contribution in [3.8, 4) is 0 Å². The highest BCUT2D eigenvalue weighted by Gasteiger charge is 2.37. The molecular weight excluding hydrogens is 434 g/mol. The van der Waals surface area contributed by atoms with Gasteiger partial charge in [0.2, 0.25) is 0 Å². The second kappa shape index (κ2) is 11.9. The highest BCUT2D eigenvalue weighted by Crippen LogP contribution is 2.30. The first kappa shape index (κ1) is 24.8. The van der Waals surface area contributed by atoms with Crippen LogP contribution in [0.2, 0.25) is 0 Å². The number of aliphatic hydroxyl groups excluding tert-OH is 3. The van der Waals surface area contributed by atoms with Crippen molar-refractivity contribution in [1.82, 2.24) is 0 Å². The van der Waals surface area contributed by atoms with Crippen LogP contribution in [0.5, 0.6) is 0 Å². The standard InChI is InChI=1S/C31H34NO3/c33-29(26-15-7-2-8-16-26)22-32(21-25-13-5-1-6-14-25,23-30(34)27-17-9-3-10-18-27)24-31(35)28-19-11-4-12-20-28/h1-20,29-31,33-35H,21-24H2/q+1/t29-,30-,31-/m0/s1. The van der Waals surface area contributed by atoms with Gasteiger partial charge in [0, 0.05) is 5.56 Å². The summed E-state index contributed by atoms with van der Waals surface area (Å²) in [7, 11) is 0. The first-order valence-corrected chi connectivity index (χ1v) is 12.1. The molecule has 0 saturated carbocycles. The fraction of sp³-hybridized carbons (Fsp3) is 0.226. The van der Waals surface area contributed by atoms with Gasteiger partial charge in [0.05, 0.1) is 0 Å². The Morgan fingerprint density at radius 3 is 1.03 bits per heavy atom. The maximum absolute atomic E-state index is 11.3. The molecule has 0 unspecified atom stereocenters. The highest BCUT2D eigenvalue weighted by atomic mass is 16.3. The number of quaternary nitrogens is 1. The summed E-state index contributed by atoms with van der Waals surface area (Å²) in [5.74, 6) is 0. The maximum Gasteiger partial charge on any atom is 0.128 e. The van der Waals surface area contributed by atoms with Gasteiger partial charge >= 0.3 is 0 Å². The Labute approximate surface area is 208 Å². The van der Waals surface area contributed by atoms with Crippen LogP contribution in [0.4, 0.5) is 0 Å². The molecule has 180 valence electrons. The van der Waals surface area contributed by atoms with E-state index in [1.54, 1.807) is 0 Å². The summed E-state index contributed by atoms with van der Waals surface area (Å²) in [6.07, 6.45) is -2.23. The molecule has 0 heterocycles. The van der Waals surface area contributed by atoms with Crippen LogP contribution in [0.25, 0.3) is 0 Å². The van der Waals surface area contributed by atoms with E-state index in [2.05, 4.69) is 12.1 Å². The molecule has 4 aromatic carbocycles. The van der Waals surface area contributed by atoms with Crippen molar-refractivity contribution in [3.05, 3.63) is 144 Å². The molecule has 4 aromatic rings. The van der Waals surface area contributed by atoms with Crippen LogP contribution in [-0.2, 0) is 6.54 Å². The Hall–Kier alpha value is -3.28. The van der Waals surface area contributed by atoms with Gasteiger partial charge in [0.15, 0.2) is 0 Å². The van der Waals surface area contributed by atoms with Crippen molar-refractivity contribution in [2.45, 2.75) is 24.9 Å². The smallest absolute Gasteiger partial charge is 0.128 e. The van der Waals surface area contributed by atoms with E-state index in [0.29, 0.717) is 30.7 Å². The predicted octanol–water partition coefficient (Wildman–Crippen LogP) is 5.20. The molecule has 0 aliphatic heterocycles. The van der Waals surface area contributed by atoms with Gasteiger partial charge in [-0.25, -0.2) is 0 Å². The zero-order valence-electron chi connectivity index (χ0n) is 19.9. The minimum Gasteiger partial charge on any atom is -0.382 e. The molecule has 0 fully saturated rings. The van der Waals surface area contributed by atoms with Crippen LogP contribution in [-0.4, -0.2) is 39.4 Å². The fourth-order valence-corrected chi connectivity index (χ4v) is 4.83. The van der Waals surface area contributed by atoms with E-state index in [9.17, 15) is 15.3 Å². The molecule has 0 aliphatic rings. The largest absolute Gasteiger partial charge is 0.382 e. The van der Waals surface area contributed by atoms with Crippen LogP contribution < -0.4 is 0 Å². The molecule has 3 N–H and O–H groups in total. The first-order chi connectivity index (χ1) is 17.0. The Bertz CT molecular complexity index is 1020. The number of nitrogens with zero attached hydrogens (tertiary/aromatic N) is 1. The third-order valence-electron chi connectivity index (χ3n) is 6.59. The van der Waals surface area contributed by atoms with E-state index in [4.69, 9.17) is 0 Å². The summed E-state index contributed by atoms with van der Waals surface area (Å²) in [4.78, 5) is 0. The van der Waals surface area contributed by atoms with Gasteiger partial charge in [0.25, 0.3) is 0 Å². The van der Waals surface area contributed by atoms with Crippen molar-refractivity contribution >= 4 is 0 Å². The van der Waals surface area contributed by atoms with Gasteiger partial charge in [0.1, 0.15) is 44.5 Å². The lowest BCUT2D eigenvalue weighted by atomic mass is 10.0. The average molecular weight is 469 g/mol. The van der Waals surface area contributed by atoms with Crippen molar-refractivity contribution < 1.29 is 19.8 Å². The molecule has 35 heavy (non-hydrogen) atoms. The van der Waals surface area contributed by atoms with E-state index in [1.807, 2.05) is 109 Å². The molecule has 0 aromatic heterocycles. The summed E-state index contributed by atoms with van der Waals surface area (Å²) in [6.45, 7) is 1.63. The van der Waals surface area contributed by atoms with Crippen LogP contribution in [0.15, 0.2) is 121 Å². The molecular formula is C31H34NO3+. The second-order valence-electron chi connectivity index (χ2n) is 9.31. The molecule has 0 amide bonds. The SMILES string of the molecule is O[C@@H](C[N+](Cc1ccccc1)(C[C@H](O)c1ccccc1)C[C@H](O)c1ccccc1)c1ccccc1. The number of benzene rings is 4. The summed E-state index contributed by atoms with van der Waals surface area (Å²) < 4.78 is 0.312. The molecule has 4 nitrogen and oxygen atoms in total. The topological polar surface area (TPSA) is 60.7 Å². The lowest BCUT2D eigenvalue weighted by Crippen LogP contribution is -2.54. The van der Waals surface area contributed by atoms with E-state index in [1.165, 1.54) is 0 Å². The van der Waals surface area contributed by atoms with Gasteiger partial charge < -0.3 is 19.8 Å². The van der Waals surface area contributed by atoms with Gasteiger partial charge in [-0.1, -0.05) is 121 Å². The zero-order chi connectivity index (χ0) is 24.5. The van der Waals surface area contributed by atoms with Gasteiger partial charge in [-0.15, -0.1) is 0 Å². The van der Waals surface area contributed by atoms with Crippen molar-refractivity contribution in [3.63, 3.8) is 0 Å². The van der Waals surface area contributed by atoms with Gasteiger partial charge in [-0.3, -0.25) is 0 Å². The molecule has 0 spiro atoms. The minimum absolute atomic E-state index is 0.312. The second-order valence-corrected chi connectivity index (χ2v) is 9.31. The molecule has 0 aliphatic carbocycles. The molecule has 0 saturated heterocycles. The van der Waals surface area contributed by atoms with E-state index >= 15 is 0 Å². The first-order valence-electron chi connectivity index (χ1n) is 12.1.